The number of rotatable bonds is 3. The van der Waals surface area contributed by atoms with Crippen LogP contribution in [-0.2, 0) is 6.54 Å². The number of nitrogens with zero attached hydrogens (tertiary/aromatic N) is 1. The summed E-state index contributed by atoms with van der Waals surface area (Å²) in [7, 11) is 0. The summed E-state index contributed by atoms with van der Waals surface area (Å²) >= 11 is 5.65. The van der Waals surface area contributed by atoms with E-state index >= 15 is 0 Å². The third-order valence-corrected chi connectivity index (χ3v) is 3.43. The summed E-state index contributed by atoms with van der Waals surface area (Å²) in [6.45, 7) is 0.624. The molecular weight excluding hydrogens is 275 g/mol. The molecule has 20 heavy (non-hydrogen) atoms. The Morgan fingerprint density at radius 3 is 2.80 bits per heavy atom. The number of benzene rings is 2. The van der Waals surface area contributed by atoms with Crippen LogP contribution in [0.1, 0.15) is 5.56 Å². The molecule has 0 saturated carbocycles. The fourth-order valence-electron chi connectivity index (χ4n) is 2.05. The van der Waals surface area contributed by atoms with Crippen LogP contribution >= 0.6 is 11.6 Å². The minimum Gasteiger partial charge on any atom is -0.381 e. The average Bonchev–Trinajstić information content (AvgIpc) is 2.48. The van der Waals surface area contributed by atoms with E-state index in [2.05, 4.69) is 16.4 Å². The van der Waals surface area contributed by atoms with Gasteiger partial charge in [0.1, 0.15) is 5.82 Å². The lowest BCUT2D eigenvalue weighted by Gasteiger charge is -2.08. The Morgan fingerprint density at radius 2 is 1.95 bits per heavy atom. The summed E-state index contributed by atoms with van der Waals surface area (Å²) in [6, 6.07) is 12.8. The number of anilines is 1. The lowest BCUT2D eigenvalue weighted by molar-refractivity contribution is 0.628. The van der Waals surface area contributed by atoms with Gasteiger partial charge in [-0.3, -0.25) is 4.98 Å². The van der Waals surface area contributed by atoms with Crippen molar-refractivity contribution in [1.82, 2.24) is 4.98 Å². The molecule has 1 N–H and O–H groups in total. The molecule has 3 rings (SSSR count). The standard InChI is InChI=1S/C16H12ClFN2/c17-15-4-3-14(8-16(15)18)20-9-11-1-2-13-10-19-6-5-12(13)7-11/h1-8,10,20H,9H2. The number of fused-ring (bicyclic) bond motifs is 1. The van der Waals surface area contributed by atoms with E-state index in [0.717, 1.165) is 16.3 Å². The first kappa shape index (κ1) is 12.9. The molecule has 0 spiro atoms. The Morgan fingerprint density at radius 1 is 1.05 bits per heavy atom. The predicted octanol–water partition coefficient (Wildman–Crippen LogP) is 4.64. The molecule has 0 fully saturated rings. The summed E-state index contributed by atoms with van der Waals surface area (Å²) in [5.41, 5.74) is 1.83. The van der Waals surface area contributed by atoms with Gasteiger partial charge >= 0.3 is 0 Å². The van der Waals surface area contributed by atoms with Gasteiger partial charge in [0, 0.05) is 30.0 Å². The van der Waals surface area contributed by atoms with Crippen LogP contribution in [0.4, 0.5) is 10.1 Å². The van der Waals surface area contributed by atoms with Crippen LogP contribution in [0.3, 0.4) is 0 Å². The minimum absolute atomic E-state index is 0.133. The third kappa shape index (κ3) is 2.73. The molecule has 1 heterocycles. The number of hydrogen-bond acceptors (Lipinski definition) is 2. The van der Waals surface area contributed by atoms with E-state index in [1.165, 1.54) is 6.07 Å². The second-order valence-electron chi connectivity index (χ2n) is 4.54. The molecule has 0 aliphatic rings. The van der Waals surface area contributed by atoms with Gasteiger partial charge in [-0.2, -0.15) is 0 Å². The van der Waals surface area contributed by atoms with Crippen molar-refractivity contribution in [2.75, 3.05) is 5.32 Å². The smallest absolute Gasteiger partial charge is 0.143 e. The van der Waals surface area contributed by atoms with Gasteiger partial charge in [0.15, 0.2) is 0 Å². The Hall–Kier alpha value is -2.13. The number of hydrogen-bond donors (Lipinski definition) is 1. The molecule has 1 aromatic heterocycles. The van der Waals surface area contributed by atoms with Gasteiger partial charge in [0.25, 0.3) is 0 Å². The van der Waals surface area contributed by atoms with Crippen molar-refractivity contribution >= 4 is 28.1 Å². The lowest BCUT2D eigenvalue weighted by atomic mass is 10.1. The van der Waals surface area contributed by atoms with Crippen LogP contribution in [0.25, 0.3) is 10.8 Å². The lowest BCUT2D eigenvalue weighted by Crippen LogP contribution is -1.99. The maximum absolute atomic E-state index is 13.3. The molecule has 3 aromatic rings. The van der Waals surface area contributed by atoms with Gasteiger partial charge < -0.3 is 5.32 Å². The fourth-order valence-corrected chi connectivity index (χ4v) is 2.17. The highest BCUT2D eigenvalue weighted by Crippen LogP contribution is 2.20. The van der Waals surface area contributed by atoms with E-state index in [-0.39, 0.29) is 5.02 Å². The number of halogens is 2. The van der Waals surface area contributed by atoms with E-state index in [0.29, 0.717) is 12.2 Å². The van der Waals surface area contributed by atoms with Gasteiger partial charge in [0.2, 0.25) is 0 Å². The molecule has 2 nitrogen and oxygen atoms in total. The van der Waals surface area contributed by atoms with E-state index in [1.807, 2.05) is 24.4 Å². The highest BCUT2D eigenvalue weighted by Gasteiger charge is 2.01. The third-order valence-electron chi connectivity index (χ3n) is 3.12. The maximum atomic E-state index is 13.3. The summed E-state index contributed by atoms with van der Waals surface area (Å²) in [4.78, 5) is 4.08. The molecule has 0 saturated heterocycles. The molecule has 0 aliphatic heterocycles. The monoisotopic (exact) mass is 286 g/mol. The molecule has 0 aliphatic carbocycles. The van der Waals surface area contributed by atoms with Crippen molar-refractivity contribution in [3.05, 3.63) is 71.3 Å². The second kappa shape index (κ2) is 5.47. The van der Waals surface area contributed by atoms with Crippen LogP contribution in [0.5, 0.6) is 0 Å². The Balaban J connectivity index is 1.77. The predicted molar refractivity (Wildman–Crippen MR) is 80.5 cm³/mol. The van der Waals surface area contributed by atoms with Crippen molar-refractivity contribution in [2.45, 2.75) is 6.54 Å². The van der Waals surface area contributed by atoms with E-state index in [9.17, 15) is 4.39 Å². The zero-order valence-corrected chi connectivity index (χ0v) is 11.4. The highest BCUT2D eigenvalue weighted by molar-refractivity contribution is 6.30. The summed E-state index contributed by atoms with van der Waals surface area (Å²) < 4.78 is 13.3. The van der Waals surface area contributed by atoms with Gasteiger partial charge in [-0.25, -0.2) is 4.39 Å². The van der Waals surface area contributed by atoms with Gasteiger partial charge in [-0.05, 0) is 41.3 Å². The molecule has 2 aromatic carbocycles. The second-order valence-corrected chi connectivity index (χ2v) is 4.95. The molecule has 0 bridgehead atoms. The Kier molecular flexibility index (Phi) is 3.52. The van der Waals surface area contributed by atoms with Crippen molar-refractivity contribution in [1.29, 1.82) is 0 Å². The summed E-state index contributed by atoms with van der Waals surface area (Å²) in [6.07, 6.45) is 3.61. The topological polar surface area (TPSA) is 24.9 Å². The number of pyridine rings is 1. The average molecular weight is 287 g/mol. The zero-order chi connectivity index (χ0) is 13.9. The first-order valence-electron chi connectivity index (χ1n) is 6.24. The largest absolute Gasteiger partial charge is 0.381 e. The molecule has 0 atom stereocenters. The van der Waals surface area contributed by atoms with E-state index < -0.39 is 5.82 Å². The zero-order valence-electron chi connectivity index (χ0n) is 10.6. The normalized spacial score (nSPS) is 10.7. The first-order valence-corrected chi connectivity index (χ1v) is 6.62. The SMILES string of the molecule is Fc1cc(NCc2ccc3cnccc3c2)ccc1Cl. The van der Waals surface area contributed by atoms with Crippen molar-refractivity contribution in [3.63, 3.8) is 0 Å². The molecule has 100 valence electrons. The van der Waals surface area contributed by atoms with Crippen molar-refractivity contribution in [2.24, 2.45) is 0 Å². The van der Waals surface area contributed by atoms with E-state index in [1.54, 1.807) is 18.3 Å². The van der Waals surface area contributed by atoms with Crippen molar-refractivity contribution in [3.8, 4) is 0 Å². The quantitative estimate of drug-likeness (QED) is 0.759. The molecule has 0 amide bonds. The van der Waals surface area contributed by atoms with Crippen LogP contribution in [0.15, 0.2) is 54.9 Å². The van der Waals surface area contributed by atoms with Gasteiger partial charge in [-0.1, -0.05) is 23.7 Å². The Bertz CT molecular complexity index is 758. The van der Waals surface area contributed by atoms with Crippen LogP contribution in [0, 0.1) is 5.82 Å². The van der Waals surface area contributed by atoms with Gasteiger partial charge in [-0.15, -0.1) is 0 Å². The molecular formula is C16H12ClFN2. The maximum Gasteiger partial charge on any atom is 0.143 e. The summed E-state index contributed by atoms with van der Waals surface area (Å²) in [5.74, 6) is -0.416. The first-order chi connectivity index (χ1) is 9.72. The Labute approximate surface area is 121 Å². The summed E-state index contributed by atoms with van der Waals surface area (Å²) in [5, 5.41) is 5.56. The van der Waals surface area contributed by atoms with Gasteiger partial charge in [0.05, 0.1) is 5.02 Å². The number of nitrogens with one attached hydrogen (secondary N) is 1. The van der Waals surface area contributed by atoms with Crippen LogP contribution in [0.2, 0.25) is 5.02 Å². The molecule has 4 heteroatoms. The minimum atomic E-state index is -0.416. The van der Waals surface area contributed by atoms with Crippen LogP contribution < -0.4 is 5.32 Å². The molecule has 0 unspecified atom stereocenters. The molecule has 0 radical (unpaired) electrons. The highest BCUT2D eigenvalue weighted by atomic mass is 35.5. The van der Waals surface area contributed by atoms with E-state index in [4.69, 9.17) is 11.6 Å². The number of aromatic nitrogens is 1. The fraction of sp³-hybridized carbons (Fsp3) is 0.0625. The van der Waals surface area contributed by atoms with Crippen molar-refractivity contribution < 1.29 is 4.39 Å². The van der Waals surface area contributed by atoms with Crippen LogP contribution in [-0.4, -0.2) is 4.98 Å².